The van der Waals surface area contributed by atoms with Gasteiger partial charge in [0.25, 0.3) is 0 Å². The lowest BCUT2D eigenvalue weighted by atomic mass is 10.4. The lowest BCUT2D eigenvalue weighted by Crippen LogP contribution is -2.40. The first-order chi connectivity index (χ1) is 8.22. The summed E-state index contributed by atoms with van der Waals surface area (Å²) in [7, 11) is 1.69. The van der Waals surface area contributed by atoms with Gasteiger partial charge in [-0.25, -0.2) is 0 Å². The quantitative estimate of drug-likeness (QED) is 0.310. The number of guanidine groups is 1. The van der Waals surface area contributed by atoms with E-state index in [1.165, 1.54) is 6.92 Å². The van der Waals surface area contributed by atoms with Crippen LogP contribution in [0, 0.1) is 0 Å². The molecule has 0 radical (unpaired) electrons. The summed E-state index contributed by atoms with van der Waals surface area (Å²) in [5, 5.41) is 8.85. The van der Waals surface area contributed by atoms with E-state index in [2.05, 4.69) is 20.9 Å². The number of furan rings is 1. The fraction of sp³-hybridized carbons (Fsp3) is 0.455. The van der Waals surface area contributed by atoms with Gasteiger partial charge in [-0.2, -0.15) is 0 Å². The number of rotatable bonds is 5. The van der Waals surface area contributed by atoms with Crippen molar-refractivity contribution in [3.05, 3.63) is 24.2 Å². The number of carbonyl (C=O) groups is 1. The Hall–Kier alpha value is -1.25. The van der Waals surface area contributed by atoms with Gasteiger partial charge < -0.3 is 20.4 Å². The van der Waals surface area contributed by atoms with Gasteiger partial charge in [0, 0.05) is 27.1 Å². The van der Waals surface area contributed by atoms with Gasteiger partial charge >= 0.3 is 0 Å². The molecule has 0 aromatic carbocycles. The van der Waals surface area contributed by atoms with Gasteiger partial charge in [0.1, 0.15) is 5.76 Å². The smallest absolute Gasteiger partial charge is 0.216 e. The third-order valence-electron chi connectivity index (χ3n) is 2.03. The number of carbonyl (C=O) groups excluding carboxylic acids is 1. The average Bonchev–Trinajstić information content (AvgIpc) is 2.81. The van der Waals surface area contributed by atoms with E-state index in [1.807, 2.05) is 12.1 Å². The van der Waals surface area contributed by atoms with E-state index < -0.39 is 0 Å². The summed E-state index contributed by atoms with van der Waals surface area (Å²) >= 11 is 0. The Balaban J connectivity index is 0.00000289. The van der Waals surface area contributed by atoms with Crippen molar-refractivity contribution in [2.24, 2.45) is 4.99 Å². The van der Waals surface area contributed by atoms with Crippen molar-refractivity contribution in [1.82, 2.24) is 16.0 Å². The van der Waals surface area contributed by atoms with Crippen LogP contribution in [0.3, 0.4) is 0 Å². The molecule has 0 aliphatic carbocycles. The summed E-state index contributed by atoms with van der Waals surface area (Å²) in [6, 6.07) is 3.72. The number of hydrogen-bond acceptors (Lipinski definition) is 3. The Morgan fingerprint density at radius 1 is 1.33 bits per heavy atom. The zero-order valence-corrected chi connectivity index (χ0v) is 12.9. The van der Waals surface area contributed by atoms with Crippen LogP contribution < -0.4 is 16.0 Å². The molecule has 6 nitrogen and oxygen atoms in total. The Morgan fingerprint density at radius 2 is 2.06 bits per heavy atom. The van der Waals surface area contributed by atoms with Crippen LogP contribution in [0.4, 0.5) is 0 Å². The molecule has 0 bridgehead atoms. The predicted octanol–water partition coefficient (Wildman–Crippen LogP) is 0.699. The lowest BCUT2D eigenvalue weighted by molar-refractivity contribution is -0.118. The minimum Gasteiger partial charge on any atom is -0.467 e. The number of halogens is 1. The van der Waals surface area contributed by atoms with E-state index in [4.69, 9.17) is 4.42 Å². The summed E-state index contributed by atoms with van der Waals surface area (Å²) in [6.07, 6.45) is 1.63. The molecular weight excluding hydrogens is 347 g/mol. The molecule has 0 aliphatic heterocycles. The molecule has 7 heteroatoms. The van der Waals surface area contributed by atoms with Gasteiger partial charge in [-0.3, -0.25) is 9.79 Å². The molecule has 1 rings (SSSR count). The van der Waals surface area contributed by atoms with Crippen LogP contribution in [-0.2, 0) is 11.3 Å². The van der Waals surface area contributed by atoms with Crippen molar-refractivity contribution < 1.29 is 9.21 Å². The van der Waals surface area contributed by atoms with E-state index in [0.29, 0.717) is 25.6 Å². The van der Waals surface area contributed by atoms with Crippen molar-refractivity contribution in [1.29, 1.82) is 0 Å². The van der Waals surface area contributed by atoms with E-state index in [-0.39, 0.29) is 29.9 Å². The molecule has 0 spiro atoms. The molecular formula is C11H19IN4O2. The first kappa shape index (κ1) is 16.8. The molecule has 0 unspecified atom stereocenters. The Labute approximate surface area is 124 Å². The Bertz CT molecular complexity index is 365. The molecule has 0 saturated heterocycles. The number of aliphatic imine (C=N–C) groups is 1. The third kappa shape index (κ3) is 7.15. The maximum Gasteiger partial charge on any atom is 0.216 e. The predicted molar refractivity (Wildman–Crippen MR) is 81.0 cm³/mol. The molecule has 0 atom stereocenters. The van der Waals surface area contributed by atoms with Crippen molar-refractivity contribution in [3.8, 4) is 0 Å². The second-order valence-electron chi connectivity index (χ2n) is 3.41. The highest BCUT2D eigenvalue weighted by atomic mass is 127. The Kier molecular flexibility index (Phi) is 9.07. The average molecular weight is 366 g/mol. The standard InChI is InChI=1S/C11H18N4O2.HI/c1-9(16)13-5-6-14-11(12-2)15-8-10-4-3-7-17-10;/h3-4,7H,5-6,8H2,1-2H3,(H,13,16)(H2,12,14,15);1H. The van der Waals surface area contributed by atoms with Crippen LogP contribution in [0.2, 0.25) is 0 Å². The minimum absolute atomic E-state index is 0. The highest BCUT2D eigenvalue weighted by molar-refractivity contribution is 14.0. The van der Waals surface area contributed by atoms with E-state index in [9.17, 15) is 4.79 Å². The molecule has 102 valence electrons. The number of nitrogens with one attached hydrogen (secondary N) is 3. The van der Waals surface area contributed by atoms with Crippen LogP contribution in [0.15, 0.2) is 27.8 Å². The highest BCUT2D eigenvalue weighted by Gasteiger charge is 1.99. The van der Waals surface area contributed by atoms with Crippen LogP contribution >= 0.6 is 24.0 Å². The topological polar surface area (TPSA) is 78.7 Å². The summed E-state index contributed by atoms with van der Waals surface area (Å²) in [6.45, 7) is 3.25. The largest absolute Gasteiger partial charge is 0.467 e. The molecule has 0 saturated carbocycles. The third-order valence-corrected chi connectivity index (χ3v) is 2.03. The minimum atomic E-state index is -0.0367. The van der Waals surface area contributed by atoms with Gasteiger partial charge in [0.15, 0.2) is 5.96 Å². The van der Waals surface area contributed by atoms with Gasteiger partial charge in [-0.15, -0.1) is 24.0 Å². The zero-order chi connectivity index (χ0) is 12.5. The Morgan fingerprint density at radius 3 is 2.61 bits per heavy atom. The molecule has 1 aromatic rings. The first-order valence-corrected chi connectivity index (χ1v) is 5.43. The summed E-state index contributed by atoms with van der Waals surface area (Å²) in [5.74, 6) is 1.48. The maximum atomic E-state index is 10.6. The normalized spacial score (nSPS) is 10.4. The van der Waals surface area contributed by atoms with Gasteiger partial charge in [-0.05, 0) is 12.1 Å². The fourth-order valence-electron chi connectivity index (χ4n) is 1.22. The molecule has 1 amide bonds. The fourth-order valence-corrected chi connectivity index (χ4v) is 1.22. The molecule has 0 aliphatic rings. The monoisotopic (exact) mass is 366 g/mol. The number of amides is 1. The van der Waals surface area contributed by atoms with Gasteiger partial charge in [0.05, 0.1) is 12.8 Å². The van der Waals surface area contributed by atoms with E-state index in [1.54, 1.807) is 13.3 Å². The molecule has 0 fully saturated rings. The summed E-state index contributed by atoms with van der Waals surface area (Å²) in [4.78, 5) is 14.7. The van der Waals surface area contributed by atoms with Crippen LogP contribution in [0.1, 0.15) is 12.7 Å². The van der Waals surface area contributed by atoms with E-state index >= 15 is 0 Å². The second kappa shape index (κ2) is 9.75. The maximum absolute atomic E-state index is 10.6. The van der Waals surface area contributed by atoms with Crippen molar-refractivity contribution in [2.45, 2.75) is 13.5 Å². The SMILES string of the molecule is CN=C(NCCNC(C)=O)NCc1ccco1.I. The highest BCUT2D eigenvalue weighted by Crippen LogP contribution is 1.97. The van der Waals surface area contributed by atoms with Gasteiger partial charge in [-0.1, -0.05) is 0 Å². The van der Waals surface area contributed by atoms with E-state index in [0.717, 1.165) is 5.76 Å². The molecule has 18 heavy (non-hydrogen) atoms. The van der Waals surface area contributed by atoms with Crippen molar-refractivity contribution in [3.63, 3.8) is 0 Å². The first-order valence-electron chi connectivity index (χ1n) is 5.43. The molecule has 1 heterocycles. The van der Waals surface area contributed by atoms with Crippen LogP contribution in [0.5, 0.6) is 0 Å². The molecule has 3 N–H and O–H groups in total. The van der Waals surface area contributed by atoms with Crippen molar-refractivity contribution in [2.75, 3.05) is 20.1 Å². The summed E-state index contributed by atoms with van der Waals surface area (Å²) in [5.41, 5.74) is 0. The zero-order valence-electron chi connectivity index (χ0n) is 10.5. The molecule has 1 aromatic heterocycles. The second-order valence-corrected chi connectivity index (χ2v) is 3.41. The number of nitrogens with zero attached hydrogens (tertiary/aromatic N) is 1. The number of hydrogen-bond donors (Lipinski definition) is 3. The summed E-state index contributed by atoms with van der Waals surface area (Å²) < 4.78 is 5.18. The van der Waals surface area contributed by atoms with Crippen molar-refractivity contribution >= 4 is 35.8 Å². The van der Waals surface area contributed by atoms with Crippen LogP contribution in [0.25, 0.3) is 0 Å². The van der Waals surface area contributed by atoms with Gasteiger partial charge in [0.2, 0.25) is 5.91 Å². The lowest BCUT2D eigenvalue weighted by Gasteiger charge is -2.10. The van der Waals surface area contributed by atoms with Crippen LogP contribution in [-0.4, -0.2) is 32.0 Å².